The van der Waals surface area contributed by atoms with Crippen molar-refractivity contribution in [3.63, 3.8) is 0 Å². The van der Waals surface area contributed by atoms with Crippen LogP contribution >= 0.6 is 11.8 Å². The van der Waals surface area contributed by atoms with Crippen molar-refractivity contribution in [3.8, 4) is 0 Å². The summed E-state index contributed by atoms with van der Waals surface area (Å²) in [4.78, 5) is 29.7. The summed E-state index contributed by atoms with van der Waals surface area (Å²) in [5.41, 5.74) is -0.349. The van der Waals surface area contributed by atoms with Crippen LogP contribution in [0.25, 0.3) is 0 Å². The SMILES string of the molecule is O=C(O)CSc1nc(=O)ccn1CCCCn1ccnc1. The van der Waals surface area contributed by atoms with Crippen molar-refractivity contribution in [3.05, 3.63) is 41.3 Å². The third kappa shape index (κ3) is 5.07. The first-order valence-corrected chi connectivity index (χ1v) is 7.51. The molecule has 8 heteroatoms. The largest absolute Gasteiger partial charge is 0.481 e. The predicted molar refractivity (Wildman–Crippen MR) is 78.3 cm³/mol. The zero-order chi connectivity index (χ0) is 15.1. The number of aryl methyl sites for hydroxylation is 2. The molecule has 0 bridgehead atoms. The maximum absolute atomic E-state index is 11.3. The van der Waals surface area contributed by atoms with Gasteiger partial charge in [-0.05, 0) is 12.8 Å². The summed E-state index contributed by atoms with van der Waals surface area (Å²) in [6, 6.07) is 1.39. The lowest BCUT2D eigenvalue weighted by Gasteiger charge is -2.10. The van der Waals surface area contributed by atoms with Gasteiger partial charge in [0.1, 0.15) is 0 Å². The van der Waals surface area contributed by atoms with E-state index >= 15 is 0 Å². The van der Waals surface area contributed by atoms with E-state index in [1.54, 1.807) is 18.7 Å². The standard InChI is InChI=1S/C13H16N4O3S/c18-11-3-7-17(13(15-11)21-9-12(19)20)6-2-1-5-16-8-4-14-10-16/h3-4,7-8,10H,1-2,5-6,9H2,(H,19,20). The summed E-state index contributed by atoms with van der Waals surface area (Å²) in [6.07, 6.45) is 8.96. The van der Waals surface area contributed by atoms with Gasteiger partial charge in [-0.2, -0.15) is 4.98 Å². The van der Waals surface area contributed by atoms with Crippen molar-refractivity contribution in [2.45, 2.75) is 31.1 Å². The first kappa shape index (κ1) is 15.3. The van der Waals surface area contributed by atoms with Crippen LogP contribution in [0.15, 0.2) is 40.9 Å². The van der Waals surface area contributed by atoms with Crippen molar-refractivity contribution < 1.29 is 9.90 Å². The number of hydrogen-bond acceptors (Lipinski definition) is 5. The fourth-order valence-corrected chi connectivity index (χ4v) is 2.55. The topological polar surface area (TPSA) is 90.0 Å². The molecule has 2 aromatic rings. The normalized spacial score (nSPS) is 10.7. The molecule has 0 aromatic carbocycles. The second kappa shape index (κ2) is 7.63. The van der Waals surface area contributed by atoms with E-state index in [0.717, 1.165) is 31.1 Å². The molecule has 0 aliphatic carbocycles. The third-order valence-electron chi connectivity index (χ3n) is 2.80. The van der Waals surface area contributed by atoms with E-state index in [0.29, 0.717) is 11.7 Å². The molecule has 2 aromatic heterocycles. The molecule has 0 aliphatic heterocycles. The van der Waals surface area contributed by atoms with Crippen LogP contribution in [-0.4, -0.2) is 35.9 Å². The fourth-order valence-electron chi connectivity index (χ4n) is 1.82. The molecule has 0 saturated heterocycles. The van der Waals surface area contributed by atoms with Gasteiger partial charge in [0.05, 0.1) is 12.1 Å². The highest BCUT2D eigenvalue weighted by atomic mass is 32.2. The van der Waals surface area contributed by atoms with E-state index in [4.69, 9.17) is 5.11 Å². The van der Waals surface area contributed by atoms with Crippen LogP contribution in [0.5, 0.6) is 0 Å². The summed E-state index contributed by atoms with van der Waals surface area (Å²) in [6.45, 7) is 1.58. The van der Waals surface area contributed by atoms with Gasteiger partial charge in [-0.15, -0.1) is 0 Å². The molecule has 0 fully saturated rings. The number of thioether (sulfide) groups is 1. The van der Waals surface area contributed by atoms with Gasteiger partial charge in [-0.3, -0.25) is 9.59 Å². The molecule has 0 unspecified atom stereocenters. The first-order valence-electron chi connectivity index (χ1n) is 6.53. The van der Waals surface area contributed by atoms with Crippen LogP contribution < -0.4 is 5.56 Å². The number of carboxylic acids is 1. The molecule has 0 atom stereocenters. The van der Waals surface area contributed by atoms with Gasteiger partial charge < -0.3 is 14.2 Å². The lowest BCUT2D eigenvalue weighted by Crippen LogP contribution is -2.14. The molecule has 0 aliphatic rings. The lowest BCUT2D eigenvalue weighted by atomic mass is 10.3. The van der Waals surface area contributed by atoms with Crippen molar-refractivity contribution in [1.82, 2.24) is 19.1 Å². The number of carbonyl (C=O) groups is 1. The van der Waals surface area contributed by atoms with Gasteiger partial charge in [0.2, 0.25) is 0 Å². The number of imidazole rings is 1. The minimum atomic E-state index is -0.926. The van der Waals surface area contributed by atoms with Gasteiger partial charge in [0.25, 0.3) is 5.56 Å². The molecule has 2 heterocycles. The number of aromatic nitrogens is 4. The minimum Gasteiger partial charge on any atom is -0.481 e. The Bertz CT molecular complexity index is 639. The van der Waals surface area contributed by atoms with E-state index in [1.807, 2.05) is 15.3 Å². The molecular weight excluding hydrogens is 292 g/mol. The number of rotatable bonds is 8. The molecule has 21 heavy (non-hydrogen) atoms. The van der Waals surface area contributed by atoms with Crippen LogP contribution in [0.2, 0.25) is 0 Å². The van der Waals surface area contributed by atoms with Gasteiger partial charge in [0.15, 0.2) is 5.16 Å². The Morgan fingerprint density at radius 2 is 2.10 bits per heavy atom. The van der Waals surface area contributed by atoms with Gasteiger partial charge >= 0.3 is 5.97 Å². The van der Waals surface area contributed by atoms with E-state index in [9.17, 15) is 9.59 Å². The van der Waals surface area contributed by atoms with E-state index in [1.165, 1.54) is 6.07 Å². The number of aliphatic carboxylic acids is 1. The average molecular weight is 308 g/mol. The number of carboxylic acid groups (broad SMARTS) is 1. The zero-order valence-electron chi connectivity index (χ0n) is 11.4. The lowest BCUT2D eigenvalue weighted by molar-refractivity contribution is -0.133. The molecule has 1 N–H and O–H groups in total. The molecule has 112 valence electrons. The van der Waals surface area contributed by atoms with E-state index < -0.39 is 5.97 Å². The summed E-state index contributed by atoms with van der Waals surface area (Å²) in [7, 11) is 0. The summed E-state index contributed by atoms with van der Waals surface area (Å²) in [5, 5.41) is 9.16. The van der Waals surface area contributed by atoms with Crippen LogP contribution in [0.1, 0.15) is 12.8 Å². The minimum absolute atomic E-state index is 0.106. The van der Waals surface area contributed by atoms with Gasteiger partial charge in [-0.25, -0.2) is 4.98 Å². The Labute approximate surface area is 125 Å². The smallest absolute Gasteiger partial charge is 0.313 e. The Morgan fingerprint density at radius 3 is 2.81 bits per heavy atom. The second-order valence-electron chi connectivity index (χ2n) is 4.43. The van der Waals surface area contributed by atoms with E-state index in [2.05, 4.69) is 9.97 Å². The Hall–Kier alpha value is -2.09. The Balaban J connectivity index is 1.89. The molecule has 7 nitrogen and oxygen atoms in total. The fraction of sp³-hybridized carbons (Fsp3) is 0.385. The van der Waals surface area contributed by atoms with Crippen LogP contribution in [0.4, 0.5) is 0 Å². The van der Waals surface area contributed by atoms with Crippen molar-refractivity contribution in [2.24, 2.45) is 0 Å². The molecular formula is C13H16N4O3S. The number of hydrogen-bond donors (Lipinski definition) is 1. The maximum Gasteiger partial charge on any atom is 0.313 e. The van der Waals surface area contributed by atoms with Gasteiger partial charge in [0, 0.05) is 37.7 Å². The van der Waals surface area contributed by atoms with Crippen LogP contribution in [0, 0.1) is 0 Å². The molecule has 0 spiro atoms. The summed E-state index contributed by atoms with van der Waals surface area (Å²) >= 11 is 1.06. The highest BCUT2D eigenvalue weighted by Gasteiger charge is 2.06. The quantitative estimate of drug-likeness (QED) is 0.446. The average Bonchev–Trinajstić information content (AvgIpc) is 2.96. The number of nitrogens with zero attached hydrogens (tertiary/aromatic N) is 4. The second-order valence-corrected chi connectivity index (χ2v) is 5.37. The van der Waals surface area contributed by atoms with E-state index in [-0.39, 0.29) is 11.3 Å². The molecule has 0 radical (unpaired) electrons. The first-order chi connectivity index (χ1) is 10.1. The Kier molecular flexibility index (Phi) is 5.56. The van der Waals surface area contributed by atoms with Crippen LogP contribution in [0.3, 0.4) is 0 Å². The van der Waals surface area contributed by atoms with Gasteiger partial charge in [-0.1, -0.05) is 11.8 Å². The number of unbranched alkanes of at least 4 members (excludes halogenated alkanes) is 1. The predicted octanol–water partition coefficient (Wildman–Crippen LogP) is 1.10. The maximum atomic E-state index is 11.3. The van der Waals surface area contributed by atoms with Crippen molar-refractivity contribution in [1.29, 1.82) is 0 Å². The van der Waals surface area contributed by atoms with Crippen molar-refractivity contribution >= 4 is 17.7 Å². The highest BCUT2D eigenvalue weighted by Crippen LogP contribution is 2.14. The third-order valence-corrected chi connectivity index (χ3v) is 3.77. The zero-order valence-corrected chi connectivity index (χ0v) is 12.2. The Morgan fingerprint density at radius 1 is 1.29 bits per heavy atom. The monoisotopic (exact) mass is 308 g/mol. The molecule has 0 saturated carbocycles. The van der Waals surface area contributed by atoms with Crippen LogP contribution in [-0.2, 0) is 17.9 Å². The van der Waals surface area contributed by atoms with Crippen molar-refractivity contribution in [2.75, 3.05) is 5.75 Å². The summed E-state index contributed by atoms with van der Waals surface area (Å²) in [5.74, 6) is -1.03. The molecule has 2 rings (SSSR count). The summed E-state index contributed by atoms with van der Waals surface area (Å²) < 4.78 is 3.83. The highest BCUT2D eigenvalue weighted by molar-refractivity contribution is 7.99. The molecule has 0 amide bonds.